The molecule has 0 bridgehead atoms. The van der Waals surface area contributed by atoms with Gasteiger partial charge in [0.15, 0.2) is 0 Å². The molecule has 0 aliphatic carbocycles. The third-order valence-corrected chi connectivity index (χ3v) is 4.40. The molecule has 0 aliphatic heterocycles. The van der Waals surface area contributed by atoms with Crippen LogP contribution in [0.1, 0.15) is 23.7 Å². The van der Waals surface area contributed by atoms with Crippen molar-refractivity contribution in [2.24, 2.45) is 0 Å². The Kier molecular flexibility index (Phi) is 4.25. The summed E-state index contributed by atoms with van der Waals surface area (Å²) in [7, 11) is 0. The van der Waals surface area contributed by atoms with E-state index in [1.54, 1.807) is 0 Å². The standard InChI is InChI=1S/C16H13BrCl2N2/c1-10(18)16-20-15-13(19)3-2-4-14(15)21(16)9-11-5-7-12(17)8-6-11/h2-8,10H,9H2,1H3. The Morgan fingerprint density at radius 3 is 2.57 bits per heavy atom. The molecule has 5 heteroatoms. The number of imidazole rings is 1. The monoisotopic (exact) mass is 382 g/mol. The first-order valence-electron chi connectivity index (χ1n) is 6.59. The zero-order valence-corrected chi connectivity index (χ0v) is 14.5. The van der Waals surface area contributed by atoms with Crippen molar-refractivity contribution in [2.45, 2.75) is 18.8 Å². The van der Waals surface area contributed by atoms with E-state index in [9.17, 15) is 0 Å². The van der Waals surface area contributed by atoms with E-state index < -0.39 is 0 Å². The summed E-state index contributed by atoms with van der Waals surface area (Å²) >= 11 is 16.0. The lowest BCUT2D eigenvalue weighted by atomic mass is 10.2. The highest BCUT2D eigenvalue weighted by Crippen LogP contribution is 2.29. The first-order chi connectivity index (χ1) is 10.1. The van der Waals surface area contributed by atoms with Crippen molar-refractivity contribution in [1.29, 1.82) is 0 Å². The maximum absolute atomic E-state index is 6.29. The number of alkyl halides is 1. The fourth-order valence-corrected chi connectivity index (χ4v) is 3.02. The predicted octanol–water partition coefficient (Wildman–Crippen LogP) is 5.80. The Morgan fingerprint density at radius 2 is 1.90 bits per heavy atom. The number of hydrogen-bond donors (Lipinski definition) is 0. The maximum Gasteiger partial charge on any atom is 0.128 e. The van der Waals surface area contributed by atoms with Gasteiger partial charge < -0.3 is 4.57 Å². The van der Waals surface area contributed by atoms with Crippen LogP contribution in [0.15, 0.2) is 46.9 Å². The summed E-state index contributed by atoms with van der Waals surface area (Å²) in [5.74, 6) is 0.836. The van der Waals surface area contributed by atoms with Gasteiger partial charge in [-0.15, -0.1) is 11.6 Å². The van der Waals surface area contributed by atoms with Crippen LogP contribution < -0.4 is 0 Å². The Balaban J connectivity index is 2.13. The second-order valence-corrected chi connectivity index (χ2v) is 6.88. The van der Waals surface area contributed by atoms with Gasteiger partial charge in [-0.2, -0.15) is 0 Å². The Morgan fingerprint density at radius 1 is 1.19 bits per heavy atom. The van der Waals surface area contributed by atoms with Crippen LogP contribution in [0.4, 0.5) is 0 Å². The van der Waals surface area contributed by atoms with Gasteiger partial charge in [0.2, 0.25) is 0 Å². The van der Waals surface area contributed by atoms with Crippen molar-refractivity contribution < 1.29 is 0 Å². The lowest BCUT2D eigenvalue weighted by Crippen LogP contribution is -2.05. The minimum atomic E-state index is -0.177. The van der Waals surface area contributed by atoms with Gasteiger partial charge in [0, 0.05) is 11.0 Å². The van der Waals surface area contributed by atoms with E-state index >= 15 is 0 Å². The van der Waals surface area contributed by atoms with Crippen molar-refractivity contribution >= 4 is 50.2 Å². The van der Waals surface area contributed by atoms with Crippen molar-refractivity contribution in [2.75, 3.05) is 0 Å². The van der Waals surface area contributed by atoms with Gasteiger partial charge in [0.05, 0.1) is 15.9 Å². The van der Waals surface area contributed by atoms with Crippen LogP contribution in [0.25, 0.3) is 11.0 Å². The van der Waals surface area contributed by atoms with Gasteiger partial charge in [-0.1, -0.05) is 45.7 Å². The van der Waals surface area contributed by atoms with Gasteiger partial charge in [-0.05, 0) is 36.8 Å². The summed E-state index contributed by atoms with van der Waals surface area (Å²) < 4.78 is 3.19. The summed E-state index contributed by atoms with van der Waals surface area (Å²) in [5.41, 5.74) is 3.00. The average Bonchev–Trinajstić information content (AvgIpc) is 2.82. The minimum Gasteiger partial charge on any atom is -0.322 e. The Hall–Kier alpha value is -1.03. The quantitative estimate of drug-likeness (QED) is 0.522. The van der Waals surface area contributed by atoms with Gasteiger partial charge >= 0.3 is 0 Å². The number of halogens is 3. The molecule has 0 amide bonds. The number of hydrogen-bond acceptors (Lipinski definition) is 1. The smallest absolute Gasteiger partial charge is 0.128 e. The van der Waals surface area contributed by atoms with Crippen LogP contribution >= 0.6 is 39.1 Å². The fourth-order valence-electron chi connectivity index (χ4n) is 2.37. The molecule has 0 saturated carbocycles. The van der Waals surface area contributed by atoms with Crippen LogP contribution in [0.2, 0.25) is 5.02 Å². The van der Waals surface area contributed by atoms with Crippen LogP contribution in [0.3, 0.4) is 0 Å². The molecule has 21 heavy (non-hydrogen) atoms. The lowest BCUT2D eigenvalue weighted by Gasteiger charge is -2.11. The molecule has 1 heterocycles. The highest BCUT2D eigenvalue weighted by atomic mass is 79.9. The molecule has 0 saturated heterocycles. The lowest BCUT2D eigenvalue weighted by molar-refractivity contribution is 0.742. The summed E-state index contributed by atoms with van der Waals surface area (Å²) in [6.45, 7) is 2.64. The van der Waals surface area contributed by atoms with E-state index in [0.29, 0.717) is 5.02 Å². The molecule has 0 radical (unpaired) electrons. The average molecular weight is 384 g/mol. The van der Waals surface area contributed by atoms with Gasteiger partial charge in [0.25, 0.3) is 0 Å². The van der Waals surface area contributed by atoms with Crippen molar-refractivity contribution in [3.05, 3.63) is 63.3 Å². The zero-order valence-electron chi connectivity index (χ0n) is 11.4. The van der Waals surface area contributed by atoms with Crippen LogP contribution in [-0.4, -0.2) is 9.55 Å². The second kappa shape index (κ2) is 5.99. The summed E-state index contributed by atoms with van der Waals surface area (Å²) in [5, 5.41) is 0.476. The molecular formula is C16H13BrCl2N2. The zero-order chi connectivity index (χ0) is 15.0. The Bertz CT molecular complexity index is 779. The molecule has 2 nitrogen and oxygen atoms in total. The predicted molar refractivity (Wildman–Crippen MR) is 92.3 cm³/mol. The molecule has 3 rings (SSSR count). The highest BCUT2D eigenvalue weighted by Gasteiger charge is 2.16. The van der Waals surface area contributed by atoms with Crippen molar-refractivity contribution in [3.63, 3.8) is 0 Å². The number of rotatable bonds is 3. The van der Waals surface area contributed by atoms with Crippen LogP contribution in [0.5, 0.6) is 0 Å². The van der Waals surface area contributed by atoms with E-state index in [4.69, 9.17) is 23.2 Å². The topological polar surface area (TPSA) is 17.8 Å². The van der Waals surface area contributed by atoms with E-state index in [-0.39, 0.29) is 5.38 Å². The first-order valence-corrected chi connectivity index (χ1v) is 8.20. The molecule has 3 aromatic rings. The second-order valence-electron chi connectivity index (χ2n) is 4.91. The first kappa shape index (κ1) is 14.9. The van der Waals surface area contributed by atoms with E-state index in [2.05, 4.69) is 37.6 Å². The Labute approximate surface area is 141 Å². The third-order valence-electron chi connectivity index (χ3n) is 3.37. The molecule has 0 spiro atoms. The van der Waals surface area contributed by atoms with E-state index in [1.165, 1.54) is 5.56 Å². The SMILES string of the molecule is CC(Cl)c1nc2c(Cl)cccc2n1Cc1ccc(Br)cc1. The molecule has 108 valence electrons. The largest absolute Gasteiger partial charge is 0.322 e. The van der Waals surface area contributed by atoms with Crippen LogP contribution in [-0.2, 0) is 6.54 Å². The molecule has 0 fully saturated rings. The molecule has 1 unspecified atom stereocenters. The molecule has 0 aliphatic rings. The highest BCUT2D eigenvalue weighted by molar-refractivity contribution is 9.10. The molecule has 0 N–H and O–H groups in total. The van der Waals surface area contributed by atoms with Crippen LogP contribution in [0, 0.1) is 0 Å². The molecular weight excluding hydrogens is 371 g/mol. The summed E-state index contributed by atoms with van der Waals surface area (Å²) in [6.07, 6.45) is 0. The van der Waals surface area contributed by atoms with Crippen molar-refractivity contribution in [3.8, 4) is 0 Å². The van der Waals surface area contributed by atoms with Gasteiger partial charge in [0.1, 0.15) is 11.3 Å². The fraction of sp³-hybridized carbons (Fsp3) is 0.188. The number of para-hydroxylation sites is 1. The maximum atomic E-state index is 6.29. The molecule has 1 atom stereocenters. The van der Waals surface area contributed by atoms with E-state index in [1.807, 2.05) is 37.3 Å². The number of benzene rings is 2. The summed E-state index contributed by atoms with van der Waals surface area (Å²) in [4.78, 5) is 4.62. The van der Waals surface area contributed by atoms with Crippen molar-refractivity contribution in [1.82, 2.24) is 9.55 Å². The van der Waals surface area contributed by atoms with E-state index in [0.717, 1.165) is 27.9 Å². The number of aromatic nitrogens is 2. The van der Waals surface area contributed by atoms with Gasteiger partial charge in [-0.3, -0.25) is 0 Å². The molecule has 1 aromatic heterocycles. The third kappa shape index (κ3) is 2.96. The normalized spacial score (nSPS) is 12.8. The minimum absolute atomic E-state index is 0.177. The number of nitrogens with zero attached hydrogens (tertiary/aromatic N) is 2. The number of fused-ring (bicyclic) bond motifs is 1. The molecule has 2 aromatic carbocycles. The van der Waals surface area contributed by atoms with Gasteiger partial charge in [-0.25, -0.2) is 4.98 Å². The summed E-state index contributed by atoms with van der Waals surface area (Å²) in [6, 6.07) is 14.1.